The topological polar surface area (TPSA) is 3.24 Å². The summed E-state index contributed by atoms with van der Waals surface area (Å²) in [5.41, 5.74) is 5.85. The molecule has 0 radical (unpaired) electrons. The summed E-state index contributed by atoms with van der Waals surface area (Å²) in [4.78, 5) is 1.58. The van der Waals surface area contributed by atoms with Crippen LogP contribution < -0.4 is 4.90 Å². The second-order valence-corrected chi connectivity index (χ2v) is 9.38. The smallest absolute Gasteiger partial charge is 0.154 e. The van der Waals surface area contributed by atoms with Gasteiger partial charge in [0.05, 0.1) is 11.4 Å². The second-order valence-electron chi connectivity index (χ2n) is 9.38. The van der Waals surface area contributed by atoms with Gasteiger partial charge in [-0.25, -0.2) is 8.78 Å². The summed E-state index contributed by atoms with van der Waals surface area (Å²) in [6, 6.07) is 42.6. The number of benzene rings is 6. The SMILES string of the molecule is CN(c1ccccc1F)c1cc(-c2cccc(-c3ccc4ccccc4c3)c2)cc(-c2ccccc2)c1F. The molecule has 0 aliphatic rings. The van der Waals surface area contributed by atoms with Gasteiger partial charge in [-0.15, -0.1) is 0 Å². The molecule has 0 aliphatic carbocycles. The first-order valence-corrected chi connectivity index (χ1v) is 12.6. The summed E-state index contributed by atoms with van der Waals surface area (Å²) in [6.07, 6.45) is 0. The average molecular weight is 498 g/mol. The zero-order chi connectivity index (χ0) is 26.1. The molecule has 6 aromatic rings. The molecule has 0 spiro atoms. The Kier molecular flexibility index (Phi) is 6.19. The Balaban J connectivity index is 1.51. The summed E-state index contributed by atoms with van der Waals surface area (Å²) in [5.74, 6) is -0.796. The summed E-state index contributed by atoms with van der Waals surface area (Å²) in [6.45, 7) is 0. The lowest BCUT2D eigenvalue weighted by molar-refractivity contribution is 0.619. The fraction of sp³-hybridized carbons (Fsp3) is 0.0286. The van der Waals surface area contributed by atoms with Crippen LogP contribution in [0.5, 0.6) is 0 Å². The molecule has 38 heavy (non-hydrogen) atoms. The molecule has 1 nitrogen and oxygen atoms in total. The summed E-state index contributed by atoms with van der Waals surface area (Å²) in [7, 11) is 1.70. The fourth-order valence-electron chi connectivity index (χ4n) is 4.95. The number of halogens is 2. The zero-order valence-corrected chi connectivity index (χ0v) is 20.9. The highest BCUT2D eigenvalue weighted by atomic mass is 19.1. The molecule has 0 saturated heterocycles. The molecule has 0 N–H and O–H groups in total. The van der Waals surface area contributed by atoms with E-state index in [9.17, 15) is 4.39 Å². The summed E-state index contributed by atoms with van der Waals surface area (Å²) in [5, 5.41) is 2.37. The van der Waals surface area contributed by atoms with Gasteiger partial charge in [-0.2, -0.15) is 0 Å². The van der Waals surface area contributed by atoms with Crippen LogP contribution in [0.4, 0.5) is 20.2 Å². The van der Waals surface area contributed by atoms with Gasteiger partial charge in [-0.05, 0) is 75.0 Å². The molecule has 3 heteroatoms. The molecule has 6 aromatic carbocycles. The third-order valence-corrected chi connectivity index (χ3v) is 6.99. The lowest BCUT2D eigenvalue weighted by Crippen LogP contribution is -2.13. The van der Waals surface area contributed by atoms with Crippen LogP contribution in [-0.2, 0) is 0 Å². The van der Waals surface area contributed by atoms with Crippen molar-refractivity contribution in [3.05, 3.63) is 145 Å². The molecule has 0 unspecified atom stereocenters. The molecule has 0 heterocycles. The van der Waals surface area contributed by atoms with Crippen LogP contribution >= 0.6 is 0 Å². The predicted octanol–water partition coefficient (Wildman–Crippen LogP) is 9.89. The van der Waals surface area contributed by atoms with Gasteiger partial charge in [-0.1, -0.05) is 97.1 Å². The number of nitrogens with zero attached hydrogens (tertiary/aromatic N) is 1. The number of rotatable bonds is 5. The second kappa shape index (κ2) is 9.95. The Labute approximate surface area is 221 Å². The zero-order valence-electron chi connectivity index (χ0n) is 20.9. The van der Waals surface area contributed by atoms with E-state index >= 15 is 4.39 Å². The molecule has 184 valence electrons. The number of para-hydroxylation sites is 1. The van der Waals surface area contributed by atoms with Crippen molar-refractivity contribution in [1.29, 1.82) is 0 Å². The first kappa shape index (κ1) is 23.6. The van der Waals surface area contributed by atoms with Gasteiger partial charge in [0.15, 0.2) is 5.82 Å². The molecule has 0 atom stereocenters. The van der Waals surface area contributed by atoms with Crippen LogP contribution in [0.2, 0.25) is 0 Å². The number of hydrogen-bond acceptors (Lipinski definition) is 1. The lowest BCUT2D eigenvalue weighted by Gasteiger charge is -2.23. The Morgan fingerprint density at radius 3 is 1.87 bits per heavy atom. The average Bonchev–Trinajstić information content (AvgIpc) is 2.97. The van der Waals surface area contributed by atoms with Gasteiger partial charge < -0.3 is 4.90 Å². The van der Waals surface area contributed by atoms with Crippen LogP contribution in [0.3, 0.4) is 0 Å². The van der Waals surface area contributed by atoms with Gasteiger partial charge in [0.25, 0.3) is 0 Å². The molecular formula is C35H25F2N. The molecule has 0 amide bonds. The lowest BCUT2D eigenvalue weighted by atomic mass is 9.94. The van der Waals surface area contributed by atoms with Crippen molar-refractivity contribution in [2.75, 3.05) is 11.9 Å². The van der Waals surface area contributed by atoms with Crippen LogP contribution in [0.15, 0.2) is 133 Å². The molecule has 0 aromatic heterocycles. The van der Waals surface area contributed by atoms with Crippen molar-refractivity contribution >= 4 is 22.1 Å². The molecule has 0 fully saturated rings. The van der Waals surface area contributed by atoms with E-state index in [1.807, 2.05) is 60.7 Å². The molecule has 0 saturated carbocycles. The Bertz CT molecular complexity index is 1760. The molecule has 0 aliphatic heterocycles. The minimum atomic E-state index is -0.403. The Morgan fingerprint density at radius 1 is 0.447 bits per heavy atom. The number of hydrogen-bond donors (Lipinski definition) is 0. The summed E-state index contributed by atoms with van der Waals surface area (Å²) >= 11 is 0. The Hall–Kier alpha value is -4.76. The quantitative estimate of drug-likeness (QED) is 0.229. The van der Waals surface area contributed by atoms with Gasteiger partial charge in [0.1, 0.15) is 5.82 Å². The van der Waals surface area contributed by atoms with Crippen LogP contribution in [0.1, 0.15) is 0 Å². The highest BCUT2D eigenvalue weighted by molar-refractivity contribution is 5.88. The first-order chi connectivity index (χ1) is 18.6. The van der Waals surface area contributed by atoms with Gasteiger partial charge in [0.2, 0.25) is 0 Å². The minimum Gasteiger partial charge on any atom is -0.340 e. The van der Waals surface area contributed by atoms with E-state index < -0.39 is 11.6 Å². The third kappa shape index (κ3) is 4.44. The van der Waals surface area contributed by atoms with Crippen LogP contribution in [-0.4, -0.2) is 7.05 Å². The van der Waals surface area contributed by atoms with Crippen molar-refractivity contribution in [3.8, 4) is 33.4 Å². The van der Waals surface area contributed by atoms with E-state index in [1.165, 1.54) is 16.8 Å². The standard InChI is InChI=1S/C35H25F2N/c1-38(33-17-8-7-16-32(33)36)34-23-30(22-31(35(34)37)25-11-3-2-4-12-25)28-15-9-14-27(21-28)29-19-18-24-10-5-6-13-26(24)20-29/h2-23H,1H3. The molecular weight excluding hydrogens is 472 g/mol. The van der Waals surface area contributed by atoms with E-state index in [-0.39, 0.29) is 0 Å². The highest BCUT2D eigenvalue weighted by Gasteiger charge is 2.19. The van der Waals surface area contributed by atoms with E-state index in [4.69, 9.17) is 0 Å². The molecule has 0 bridgehead atoms. The van der Waals surface area contributed by atoms with Crippen molar-refractivity contribution in [2.45, 2.75) is 0 Å². The highest BCUT2D eigenvalue weighted by Crippen LogP contribution is 2.39. The van der Waals surface area contributed by atoms with Crippen LogP contribution in [0.25, 0.3) is 44.2 Å². The predicted molar refractivity (Wildman–Crippen MR) is 155 cm³/mol. The summed E-state index contributed by atoms with van der Waals surface area (Å²) < 4.78 is 30.7. The normalized spacial score (nSPS) is 11.0. The number of fused-ring (bicyclic) bond motifs is 1. The van der Waals surface area contributed by atoms with Crippen LogP contribution in [0, 0.1) is 11.6 Å². The maximum absolute atomic E-state index is 16.1. The number of anilines is 2. The van der Waals surface area contributed by atoms with Gasteiger partial charge in [0, 0.05) is 12.6 Å². The first-order valence-electron chi connectivity index (χ1n) is 12.6. The van der Waals surface area contributed by atoms with Crippen molar-refractivity contribution in [1.82, 2.24) is 0 Å². The monoisotopic (exact) mass is 497 g/mol. The third-order valence-electron chi connectivity index (χ3n) is 6.99. The largest absolute Gasteiger partial charge is 0.340 e. The van der Waals surface area contributed by atoms with Crippen molar-refractivity contribution in [3.63, 3.8) is 0 Å². The van der Waals surface area contributed by atoms with Crippen molar-refractivity contribution in [2.24, 2.45) is 0 Å². The maximum Gasteiger partial charge on any atom is 0.154 e. The van der Waals surface area contributed by atoms with E-state index in [0.717, 1.165) is 27.8 Å². The van der Waals surface area contributed by atoms with Gasteiger partial charge >= 0.3 is 0 Å². The fourth-order valence-corrected chi connectivity index (χ4v) is 4.95. The van der Waals surface area contributed by atoms with E-state index in [0.29, 0.717) is 16.9 Å². The maximum atomic E-state index is 16.1. The Morgan fingerprint density at radius 2 is 1.08 bits per heavy atom. The van der Waals surface area contributed by atoms with E-state index in [2.05, 4.69) is 42.5 Å². The van der Waals surface area contributed by atoms with Crippen molar-refractivity contribution < 1.29 is 8.78 Å². The van der Waals surface area contributed by atoms with E-state index in [1.54, 1.807) is 36.2 Å². The van der Waals surface area contributed by atoms with Gasteiger partial charge in [-0.3, -0.25) is 0 Å². The minimum absolute atomic E-state index is 0.308. The molecule has 6 rings (SSSR count).